The highest BCUT2D eigenvalue weighted by Crippen LogP contribution is 2.23. The Kier molecular flexibility index (Phi) is 9.38. The van der Waals surface area contributed by atoms with Gasteiger partial charge in [0.15, 0.2) is 0 Å². The molecule has 0 aliphatic rings. The molecule has 0 amide bonds. The summed E-state index contributed by atoms with van der Waals surface area (Å²) in [6.07, 6.45) is -0.0109. The van der Waals surface area contributed by atoms with E-state index in [1.807, 2.05) is 57.4 Å². The zero-order valence-corrected chi connectivity index (χ0v) is 19.1. The topological polar surface area (TPSA) is 109 Å². The van der Waals surface area contributed by atoms with Gasteiger partial charge in [-0.2, -0.15) is 0 Å². The molecule has 0 saturated carbocycles. The maximum atomic E-state index is 9.10. The van der Waals surface area contributed by atoms with E-state index in [0.717, 1.165) is 34.5 Å². The van der Waals surface area contributed by atoms with Gasteiger partial charge in [0.25, 0.3) is 0 Å². The second kappa shape index (κ2) is 12.2. The molecule has 3 rings (SSSR count). The number of ether oxygens (including phenoxy) is 1. The number of benzene rings is 3. The normalized spacial score (nSPS) is 12.0. The standard InChI is InChI=1S/C23H26N2O2.C2H2O4/c1-17(16-25(2)3)27-24-23(19-12-14-20(26-4)15-13-19)22-11-7-9-18-8-5-6-10-21(18)22;3-1(4)2(5)6/h5-15,17H,16H2,1-4H3;(H,3,4)(H,5,6). The average molecular weight is 453 g/mol. The van der Waals surface area contributed by atoms with Crippen molar-refractivity contribution in [2.75, 3.05) is 27.7 Å². The number of carbonyl (C=O) groups is 2. The molecule has 33 heavy (non-hydrogen) atoms. The summed E-state index contributed by atoms with van der Waals surface area (Å²) in [6.45, 7) is 2.83. The van der Waals surface area contributed by atoms with Crippen molar-refractivity contribution in [1.82, 2.24) is 4.90 Å². The van der Waals surface area contributed by atoms with Crippen LogP contribution in [0, 0.1) is 0 Å². The smallest absolute Gasteiger partial charge is 0.414 e. The Morgan fingerprint density at radius 2 is 1.55 bits per heavy atom. The number of carboxylic acids is 2. The molecule has 8 nitrogen and oxygen atoms in total. The molecule has 0 heterocycles. The first-order valence-electron chi connectivity index (χ1n) is 10.2. The van der Waals surface area contributed by atoms with Crippen LogP contribution < -0.4 is 4.74 Å². The van der Waals surface area contributed by atoms with Crippen molar-refractivity contribution in [3.05, 3.63) is 77.9 Å². The van der Waals surface area contributed by atoms with Gasteiger partial charge in [-0.1, -0.05) is 47.6 Å². The lowest BCUT2D eigenvalue weighted by Gasteiger charge is -2.17. The van der Waals surface area contributed by atoms with E-state index in [4.69, 9.17) is 29.4 Å². The van der Waals surface area contributed by atoms with Crippen LogP contribution in [0.4, 0.5) is 0 Å². The Bertz CT molecular complexity index is 1090. The van der Waals surface area contributed by atoms with E-state index < -0.39 is 11.9 Å². The van der Waals surface area contributed by atoms with Gasteiger partial charge < -0.3 is 24.7 Å². The van der Waals surface area contributed by atoms with Crippen molar-refractivity contribution in [1.29, 1.82) is 0 Å². The Morgan fingerprint density at radius 3 is 2.12 bits per heavy atom. The van der Waals surface area contributed by atoms with Crippen molar-refractivity contribution >= 4 is 28.4 Å². The second-order valence-electron chi connectivity index (χ2n) is 7.48. The van der Waals surface area contributed by atoms with E-state index in [1.165, 1.54) is 5.39 Å². The second-order valence-corrected chi connectivity index (χ2v) is 7.48. The van der Waals surface area contributed by atoms with Gasteiger partial charge in [0, 0.05) is 17.7 Å². The highest BCUT2D eigenvalue weighted by Gasteiger charge is 2.13. The third kappa shape index (κ3) is 7.62. The number of likely N-dealkylation sites (N-methyl/N-ethyl adjacent to an activating group) is 1. The maximum absolute atomic E-state index is 9.10. The lowest BCUT2D eigenvalue weighted by molar-refractivity contribution is -0.159. The van der Waals surface area contributed by atoms with Crippen molar-refractivity contribution < 1.29 is 29.4 Å². The van der Waals surface area contributed by atoms with Crippen LogP contribution in [0.15, 0.2) is 71.9 Å². The van der Waals surface area contributed by atoms with E-state index >= 15 is 0 Å². The van der Waals surface area contributed by atoms with Gasteiger partial charge in [-0.25, -0.2) is 9.59 Å². The zero-order chi connectivity index (χ0) is 24.4. The summed E-state index contributed by atoms with van der Waals surface area (Å²) in [5.41, 5.74) is 2.86. The predicted octanol–water partition coefficient (Wildman–Crippen LogP) is 3.72. The van der Waals surface area contributed by atoms with E-state index in [-0.39, 0.29) is 6.10 Å². The fourth-order valence-corrected chi connectivity index (χ4v) is 3.13. The average Bonchev–Trinajstić information content (AvgIpc) is 2.79. The number of aliphatic carboxylic acids is 2. The fraction of sp³-hybridized carbons (Fsp3) is 0.240. The van der Waals surface area contributed by atoms with E-state index in [2.05, 4.69) is 40.4 Å². The van der Waals surface area contributed by atoms with Crippen LogP contribution >= 0.6 is 0 Å². The number of fused-ring (bicyclic) bond motifs is 1. The van der Waals surface area contributed by atoms with Crippen LogP contribution in [-0.2, 0) is 14.4 Å². The van der Waals surface area contributed by atoms with Crippen LogP contribution in [-0.4, -0.2) is 66.6 Å². The van der Waals surface area contributed by atoms with E-state index in [0.29, 0.717) is 0 Å². The monoisotopic (exact) mass is 452 g/mol. The number of nitrogens with zero attached hydrogens (tertiary/aromatic N) is 2. The third-order valence-corrected chi connectivity index (χ3v) is 4.54. The summed E-state index contributed by atoms with van der Waals surface area (Å²) >= 11 is 0. The first-order valence-corrected chi connectivity index (χ1v) is 10.2. The minimum atomic E-state index is -1.82. The van der Waals surface area contributed by atoms with E-state index in [9.17, 15) is 0 Å². The number of hydrogen-bond acceptors (Lipinski definition) is 6. The lowest BCUT2D eigenvalue weighted by Crippen LogP contribution is -2.25. The molecule has 3 aromatic carbocycles. The first kappa shape index (κ1) is 25.4. The van der Waals surface area contributed by atoms with E-state index in [1.54, 1.807) is 7.11 Å². The fourth-order valence-electron chi connectivity index (χ4n) is 3.13. The molecular formula is C25H28N2O6. The number of carboxylic acid groups (broad SMARTS) is 2. The van der Waals surface area contributed by atoms with Gasteiger partial charge in [0.2, 0.25) is 0 Å². The maximum Gasteiger partial charge on any atom is 0.414 e. The molecule has 8 heteroatoms. The van der Waals surface area contributed by atoms with Crippen molar-refractivity contribution in [3.63, 3.8) is 0 Å². The molecule has 0 bridgehead atoms. The van der Waals surface area contributed by atoms with Crippen LogP contribution in [0.3, 0.4) is 0 Å². The van der Waals surface area contributed by atoms with Crippen LogP contribution in [0.5, 0.6) is 5.75 Å². The Hall–Kier alpha value is -3.91. The minimum absolute atomic E-state index is 0.0109. The molecule has 0 aliphatic heterocycles. The Labute approximate surface area is 192 Å². The molecule has 0 saturated heterocycles. The highest BCUT2D eigenvalue weighted by molar-refractivity contribution is 6.27. The summed E-state index contributed by atoms with van der Waals surface area (Å²) < 4.78 is 5.29. The number of oxime groups is 1. The zero-order valence-electron chi connectivity index (χ0n) is 19.1. The number of rotatable bonds is 7. The van der Waals surface area contributed by atoms with Gasteiger partial charge >= 0.3 is 11.9 Å². The molecular weight excluding hydrogens is 424 g/mol. The molecule has 1 unspecified atom stereocenters. The summed E-state index contributed by atoms with van der Waals surface area (Å²) in [5.74, 6) is -2.83. The van der Waals surface area contributed by atoms with Crippen molar-refractivity contribution in [2.45, 2.75) is 13.0 Å². The predicted molar refractivity (Wildman–Crippen MR) is 127 cm³/mol. The van der Waals surface area contributed by atoms with Gasteiger partial charge in [0.05, 0.1) is 7.11 Å². The van der Waals surface area contributed by atoms with Crippen molar-refractivity contribution in [3.8, 4) is 5.75 Å². The first-order chi connectivity index (χ1) is 15.7. The van der Waals surface area contributed by atoms with Crippen LogP contribution in [0.2, 0.25) is 0 Å². The summed E-state index contributed by atoms with van der Waals surface area (Å²) in [4.78, 5) is 26.1. The van der Waals surface area contributed by atoms with Crippen LogP contribution in [0.1, 0.15) is 18.1 Å². The Morgan fingerprint density at radius 1 is 0.939 bits per heavy atom. The third-order valence-electron chi connectivity index (χ3n) is 4.54. The Balaban J connectivity index is 0.000000569. The van der Waals surface area contributed by atoms with Crippen LogP contribution in [0.25, 0.3) is 10.8 Å². The summed E-state index contributed by atoms with van der Waals surface area (Å²) in [5, 5.41) is 21.7. The molecule has 1 atom stereocenters. The molecule has 174 valence electrons. The molecule has 0 fully saturated rings. The number of hydrogen-bond donors (Lipinski definition) is 2. The molecule has 0 aliphatic carbocycles. The number of methoxy groups -OCH3 is 1. The molecule has 0 aromatic heterocycles. The highest BCUT2D eigenvalue weighted by atomic mass is 16.6. The van der Waals surface area contributed by atoms with Gasteiger partial charge in [-0.15, -0.1) is 0 Å². The SMILES string of the molecule is COc1ccc(C(=NOC(C)CN(C)C)c2cccc3ccccc23)cc1.O=C(O)C(=O)O. The summed E-state index contributed by atoms with van der Waals surface area (Å²) in [7, 11) is 5.72. The van der Waals surface area contributed by atoms with Gasteiger partial charge in [-0.3, -0.25) is 0 Å². The quantitative estimate of drug-likeness (QED) is 0.319. The summed E-state index contributed by atoms with van der Waals surface area (Å²) in [6, 6.07) is 22.5. The van der Waals surface area contributed by atoms with Crippen molar-refractivity contribution in [2.24, 2.45) is 5.16 Å². The minimum Gasteiger partial charge on any atom is -0.497 e. The van der Waals surface area contributed by atoms with Gasteiger partial charge in [-0.05, 0) is 56.1 Å². The lowest BCUT2D eigenvalue weighted by atomic mass is 9.96. The molecule has 0 spiro atoms. The largest absolute Gasteiger partial charge is 0.497 e. The molecule has 3 aromatic rings. The molecule has 0 radical (unpaired) electrons. The van der Waals surface area contributed by atoms with Gasteiger partial charge in [0.1, 0.15) is 17.6 Å². The molecule has 2 N–H and O–H groups in total.